The van der Waals surface area contributed by atoms with E-state index in [9.17, 15) is 0 Å². The van der Waals surface area contributed by atoms with Crippen molar-refractivity contribution in [1.82, 2.24) is 0 Å². The van der Waals surface area contributed by atoms with Crippen LogP contribution in [0.25, 0.3) is 0 Å². The first kappa shape index (κ1) is 15.3. The third-order valence-corrected chi connectivity index (χ3v) is 4.67. The molecule has 3 heteroatoms. The van der Waals surface area contributed by atoms with Gasteiger partial charge < -0.3 is 0 Å². The van der Waals surface area contributed by atoms with Crippen LogP contribution in [-0.4, -0.2) is 11.8 Å². The van der Waals surface area contributed by atoms with E-state index >= 15 is 0 Å². The van der Waals surface area contributed by atoms with E-state index in [1.54, 1.807) is 0 Å². The summed E-state index contributed by atoms with van der Waals surface area (Å²) in [6.45, 7) is 4.46. The Morgan fingerprint density at radius 1 is 1.24 bits per heavy atom. The maximum absolute atomic E-state index is 6.20. The summed E-state index contributed by atoms with van der Waals surface area (Å²) in [6, 6.07) is 8.32. The van der Waals surface area contributed by atoms with E-state index in [4.69, 9.17) is 23.2 Å². The maximum Gasteiger partial charge on any atom is 0.0332 e. The Labute approximate surface area is 123 Å². The van der Waals surface area contributed by atoms with Gasteiger partial charge in [-0.05, 0) is 30.0 Å². The van der Waals surface area contributed by atoms with Crippen molar-refractivity contribution in [2.24, 2.45) is 5.92 Å². The molecule has 17 heavy (non-hydrogen) atoms. The number of hydrogen-bond acceptors (Lipinski definition) is 0. The Kier molecular flexibility index (Phi) is 6.33. The average molecular weight is 338 g/mol. The highest BCUT2D eigenvalue weighted by molar-refractivity contribution is 9.10. The summed E-state index contributed by atoms with van der Waals surface area (Å²) in [7, 11) is 0. The molecule has 0 N–H and O–H groups in total. The van der Waals surface area contributed by atoms with Crippen LogP contribution in [0.4, 0.5) is 0 Å². The van der Waals surface area contributed by atoms with Crippen LogP contribution < -0.4 is 0 Å². The van der Waals surface area contributed by atoms with Crippen LogP contribution in [-0.2, 0) is 5.41 Å². The Hall–Kier alpha value is 0.280. The third-order valence-electron chi connectivity index (χ3n) is 3.15. The molecule has 0 saturated carbocycles. The number of alkyl halides is 2. The van der Waals surface area contributed by atoms with Gasteiger partial charge in [0.15, 0.2) is 0 Å². The fourth-order valence-corrected chi connectivity index (χ4v) is 3.11. The summed E-state index contributed by atoms with van der Waals surface area (Å²) in [5.74, 6) is 1.81. The van der Waals surface area contributed by atoms with Gasteiger partial charge in [0.05, 0.1) is 0 Å². The molecule has 1 rings (SSSR count). The molecule has 0 atom stereocenters. The second kappa shape index (κ2) is 7.01. The summed E-state index contributed by atoms with van der Waals surface area (Å²) in [5, 5.41) is 0. The summed E-state index contributed by atoms with van der Waals surface area (Å²) in [6.07, 6.45) is 2.18. The molecule has 0 radical (unpaired) electrons. The maximum atomic E-state index is 6.20. The first-order valence-electron chi connectivity index (χ1n) is 5.92. The Morgan fingerprint density at radius 3 is 2.35 bits per heavy atom. The number of rotatable bonds is 6. The predicted octanol–water partition coefficient (Wildman–Crippen LogP) is 5.60. The van der Waals surface area contributed by atoms with Crippen LogP contribution in [0, 0.1) is 5.92 Å². The van der Waals surface area contributed by atoms with Gasteiger partial charge in [0.25, 0.3) is 0 Å². The molecule has 0 fully saturated rings. The van der Waals surface area contributed by atoms with Crippen LogP contribution in [0.5, 0.6) is 0 Å². The van der Waals surface area contributed by atoms with Crippen molar-refractivity contribution in [1.29, 1.82) is 0 Å². The predicted molar refractivity (Wildman–Crippen MR) is 81.3 cm³/mol. The van der Waals surface area contributed by atoms with E-state index in [1.165, 1.54) is 5.56 Å². The zero-order chi connectivity index (χ0) is 12.9. The molecular formula is C14H19BrCl2. The molecule has 0 spiro atoms. The SMILES string of the molecule is CC(C)CCC(CCl)(CCl)c1cccc(Br)c1. The van der Waals surface area contributed by atoms with Gasteiger partial charge in [-0.1, -0.05) is 48.3 Å². The summed E-state index contributed by atoms with van der Waals surface area (Å²) in [4.78, 5) is 0. The highest BCUT2D eigenvalue weighted by Gasteiger charge is 2.30. The van der Waals surface area contributed by atoms with Gasteiger partial charge in [-0.15, -0.1) is 23.2 Å². The highest BCUT2D eigenvalue weighted by atomic mass is 79.9. The topological polar surface area (TPSA) is 0 Å². The minimum absolute atomic E-state index is 0.100. The number of hydrogen-bond donors (Lipinski definition) is 0. The van der Waals surface area contributed by atoms with E-state index in [-0.39, 0.29) is 5.41 Å². The molecule has 0 saturated heterocycles. The number of benzene rings is 1. The summed E-state index contributed by atoms with van der Waals surface area (Å²) < 4.78 is 1.08. The molecule has 96 valence electrons. The van der Waals surface area contributed by atoms with Gasteiger partial charge in [0.1, 0.15) is 0 Å². The van der Waals surface area contributed by atoms with Crippen molar-refractivity contribution in [3.8, 4) is 0 Å². The van der Waals surface area contributed by atoms with Crippen molar-refractivity contribution < 1.29 is 0 Å². The highest BCUT2D eigenvalue weighted by Crippen LogP contribution is 2.34. The van der Waals surface area contributed by atoms with Crippen molar-refractivity contribution in [3.05, 3.63) is 34.3 Å². The zero-order valence-corrected chi connectivity index (χ0v) is 13.4. The summed E-state index contributed by atoms with van der Waals surface area (Å²) >= 11 is 15.9. The second-order valence-corrected chi connectivity index (χ2v) is 6.44. The van der Waals surface area contributed by atoms with Crippen molar-refractivity contribution >= 4 is 39.1 Å². The average Bonchev–Trinajstić information content (AvgIpc) is 2.31. The molecule has 0 aliphatic rings. The molecule has 0 nitrogen and oxygen atoms in total. The van der Waals surface area contributed by atoms with E-state index in [0.29, 0.717) is 17.7 Å². The van der Waals surface area contributed by atoms with Crippen molar-refractivity contribution in [2.45, 2.75) is 32.1 Å². The van der Waals surface area contributed by atoms with Crippen LogP contribution in [0.3, 0.4) is 0 Å². The number of halogens is 3. The van der Waals surface area contributed by atoms with Crippen LogP contribution in [0.2, 0.25) is 0 Å². The largest absolute Gasteiger partial charge is 0.126 e. The molecule has 1 aromatic carbocycles. The lowest BCUT2D eigenvalue weighted by Crippen LogP contribution is -2.31. The monoisotopic (exact) mass is 336 g/mol. The lowest BCUT2D eigenvalue weighted by atomic mass is 9.78. The first-order valence-corrected chi connectivity index (χ1v) is 7.78. The Balaban J connectivity index is 2.97. The normalized spacial score (nSPS) is 12.1. The molecule has 0 aliphatic carbocycles. The van der Waals surface area contributed by atoms with Gasteiger partial charge in [0.2, 0.25) is 0 Å². The second-order valence-electron chi connectivity index (χ2n) is 4.99. The van der Waals surface area contributed by atoms with Gasteiger partial charge in [-0.2, -0.15) is 0 Å². The van der Waals surface area contributed by atoms with Gasteiger partial charge in [-0.3, -0.25) is 0 Å². The molecule has 1 aromatic rings. The molecule has 0 aliphatic heterocycles. The minimum atomic E-state index is -0.100. The van der Waals surface area contributed by atoms with Gasteiger partial charge >= 0.3 is 0 Å². The Morgan fingerprint density at radius 2 is 1.88 bits per heavy atom. The van der Waals surface area contributed by atoms with Crippen molar-refractivity contribution in [2.75, 3.05) is 11.8 Å². The molecule has 0 aromatic heterocycles. The quantitative estimate of drug-likeness (QED) is 0.592. The van der Waals surface area contributed by atoms with Crippen LogP contribution >= 0.6 is 39.1 Å². The van der Waals surface area contributed by atoms with Crippen LogP contribution in [0.1, 0.15) is 32.3 Å². The summed E-state index contributed by atoms with van der Waals surface area (Å²) in [5.41, 5.74) is 1.13. The Bertz CT molecular complexity index is 346. The van der Waals surface area contributed by atoms with Gasteiger partial charge in [-0.25, -0.2) is 0 Å². The standard InChI is InChI=1S/C14H19BrCl2/c1-11(2)6-7-14(9-16,10-17)12-4-3-5-13(15)8-12/h3-5,8,11H,6-7,9-10H2,1-2H3. The molecule has 0 amide bonds. The zero-order valence-electron chi connectivity index (χ0n) is 10.3. The lowest BCUT2D eigenvalue weighted by Gasteiger charge is -2.31. The van der Waals surface area contributed by atoms with E-state index in [0.717, 1.165) is 17.3 Å². The van der Waals surface area contributed by atoms with E-state index in [1.807, 2.05) is 12.1 Å². The van der Waals surface area contributed by atoms with Crippen LogP contribution in [0.15, 0.2) is 28.7 Å². The lowest BCUT2D eigenvalue weighted by molar-refractivity contribution is 0.423. The fourth-order valence-electron chi connectivity index (χ4n) is 1.85. The molecule has 0 unspecified atom stereocenters. The minimum Gasteiger partial charge on any atom is -0.126 e. The molecule has 0 heterocycles. The van der Waals surface area contributed by atoms with E-state index < -0.39 is 0 Å². The molecule has 0 bridgehead atoms. The van der Waals surface area contributed by atoms with Gasteiger partial charge in [0, 0.05) is 21.6 Å². The van der Waals surface area contributed by atoms with E-state index in [2.05, 4.69) is 41.9 Å². The molecular weight excluding hydrogens is 319 g/mol. The fraction of sp³-hybridized carbons (Fsp3) is 0.571. The van der Waals surface area contributed by atoms with Crippen molar-refractivity contribution in [3.63, 3.8) is 0 Å². The third kappa shape index (κ3) is 4.15. The first-order chi connectivity index (χ1) is 8.04. The smallest absolute Gasteiger partial charge is 0.0332 e.